The highest BCUT2D eigenvalue weighted by Crippen LogP contribution is 2.26. The molecule has 2 saturated heterocycles. The summed E-state index contributed by atoms with van der Waals surface area (Å²) in [6, 6.07) is 1.58. The molecule has 8 nitrogen and oxygen atoms in total. The number of β-amino-alcohol motifs (C(OH)–C–C–N with tert-alkyl or cyclic N) is 1. The summed E-state index contributed by atoms with van der Waals surface area (Å²) in [6.45, 7) is 3.50. The SMILES string of the molecule is COc1cc(C(=O)N2CC[C@@](O)(CN3CCCC3)C2)nc(OC)n1. The second-order valence-corrected chi connectivity index (χ2v) is 6.47. The first kappa shape index (κ1) is 16.9. The quantitative estimate of drug-likeness (QED) is 0.820. The van der Waals surface area contributed by atoms with E-state index >= 15 is 0 Å². The standard InChI is InChI=1S/C16H24N4O4/c1-23-13-9-12(17-15(18-13)24-2)14(21)20-8-5-16(22,11-20)10-19-6-3-4-7-19/h9,22H,3-8,10-11H2,1-2H3/t16-/m1/s1. The molecule has 2 aliphatic rings. The molecule has 8 heteroatoms. The first-order valence-electron chi connectivity index (χ1n) is 8.24. The molecule has 1 aromatic rings. The van der Waals surface area contributed by atoms with E-state index in [9.17, 15) is 9.90 Å². The lowest BCUT2D eigenvalue weighted by molar-refractivity contribution is 0.0174. The Morgan fingerprint density at radius 1 is 1.25 bits per heavy atom. The monoisotopic (exact) mass is 336 g/mol. The van der Waals surface area contributed by atoms with Gasteiger partial charge in [-0.3, -0.25) is 4.79 Å². The molecule has 0 spiro atoms. The molecule has 2 aliphatic heterocycles. The van der Waals surface area contributed by atoms with Crippen molar-refractivity contribution >= 4 is 5.91 Å². The Bertz CT molecular complexity index is 583. The molecule has 132 valence electrons. The molecular weight excluding hydrogens is 312 g/mol. The molecule has 24 heavy (non-hydrogen) atoms. The Balaban J connectivity index is 1.69. The Labute approximate surface area is 141 Å². The van der Waals surface area contributed by atoms with Gasteiger partial charge in [-0.2, -0.15) is 9.97 Å². The minimum Gasteiger partial charge on any atom is -0.481 e. The Hall–Kier alpha value is -1.93. The van der Waals surface area contributed by atoms with Crippen molar-refractivity contribution in [3.05, 3.63) is 11.8 Å². The van der Waals surface area contributed by atoms with Gasteiger partial charge in [0.05, 0.1) is 26.4 Å². The van der Waals surface area contributed by atoms with Gasteiger partial charge in [-0.1, -0.05) is 0 Å². The van der Waals surface area contributed by atoms with Crippen molar-refractivity contribution < 1.29 is 19.4 Å². The highest BCUT2D eigenvalue weighted by molar-refractivity contribution is 5.93. The smallest absolute Gasteiger partial charge is 0.320 e. The largest absolute Gasteiger partial charge is 0.481 e. The van der Waals surface area contributed by atoms with Crippen LogP contribution in [0, 0.1) is 0 Å². The van der Waals surface area contributed by atoms with E-state index in [1.54, 1.807) is 4.90 Å². The number of aliphatic hydroxyl groups is 1. The van der Waals surface area contributed by atoms with Gasteiger partial charge < -0.3 is 24.4 Å². The molecule has 1 N–H and O–H groups in total. The van der Waals surface area contributed by atoms with Crippen LogP contribution in [0.3, 0.4) is 0 Å². The summed E-state index contributed by atoms with van der Waals surface area (Å²) in [5, 5.41) is 10.8. The highest BCUT2D eigenvalue weighted by atomic mass is 16.5. The van der Waals surface area contributed by atoms with Crippen LogP contribution in [0.1, 0.15) is 29.8 Å². The molecule has 0 aliphatic carbocycles. The molecular formula is C16H24N4O4. The molecule has 3 rings (SSSR count). The van der Waals surface area contributed by atoms with Crippen molar-refractivity contribution in [3.8, 4) is 11.9 Å². The molecule has 3 heterocycles. The van der Waals surface area contributed by atoms with E-state index in [0.29, 0.717) is 26.1 Å². The average molecular weight is 336 g/mol. The lowest BCUT2D eigenvalue weighted by Gasteiger charge is -2.28. The number of carbonyl (C=O) groups excluding carboxylic acids is 1. The molecule has 0 bridgehead atoms. The van der Waals surface area contributed by atoms with Crippen LogP contribution in [0.25, 0.3) is 0 Å². The van der Waals surface area contributed by atoms with E-state index in [-0.39, 0.29) is 23.5 Å². The van der Waals surface area contributed by atoms with Crippen LogP contribution in [0.5, 0.6) is 11.9 Å². The number of nitrogens with zero attached hydrogens (tertiary/aromatic N) is 4. The summed E-state index contributed by atoms with van der Waals surface area (Å²) in [5.74, 6) is 0.0306. The fourth-order valence-corrected chi connectivity index (χ4v) is 3.39. The van der Waals surface area contributed by atoms with Crippen molar-refractivity contribution in [1.82, 2.24) is 19.8 Å². The van der Waals surface area contributed by atoms with Gasteiger partial charge in [0.1, 0.15) is 5.69 Å². The fourth-order valence-electron chi connectivity index (χ4n) is 3.39. The number of aromatic nitrogens is 2. The molecule has 0 unspecified atom stereocenters. The van der Waals surface area contributed by atoms with E-state index in [2.05, 4.69) is 14.9 Å². The summed E-state index contributed by atoms with van der Waals surface area (Å²) in [6.07, 6.45) is 2.94. The fraction of sp³-hybridized carbons (Fsp3) is 0.688. The van der Waals surface area contributed by atoms with Gasteiger partial charge in [-0.25, -0.2) is 0 Å². The van der Waals surface area contributed by atoms with Crippen molar-refractivity contribution in [2.45, 2.75) is 24.9 Å². The van der Waals surface area contributed by atoms with E-state index in [1.807, 2.05) is 0 Å². The molecule has 0 aromatic carbocycles. The minimum atomic E-state index is -0.846. The molecule has 1 atom stereocenters. The topological polar surface area (TPSA) is 88.0 Å². The Morgan fingerprint density at radius 3 is 2.67 bits per heavy atom. The van der Waals surface area contributed by atoms with E-state index in [4.69, 9.17) is 9.47 Å². The molecule has 2 fully saturated rings. The number of ether oxygens (including phenoxy) is 2. The normalized spacial score (nSPS) is 24.4. The van der Waals surface area contributed by atoms with Gasteiger partial charge in [0.2, 0.25) is 5.88 Å². The molecule has 1 amide bonds. The van der Waals surface area contributed by atoms with Crippen LogP contribution in [-0.4, -0.2) is 83.3 Å². The highest BCUT2D eigenvalue weighted by Gasteiger charge is 2.40. The summed E-state index contributed by atoms with van der Waals surface area (Å²) in [7, 11) is 2.91. The number of likely N-dealkylation sites (tertiary alicyclic amines) is 2. The first-order valence-corrected chi connectivity index (χ1v) is 8.24. The third-order valence-corrected chi connectivity index (χ3v) is 4.63. The van der Waals surface area contributed by atoms with Gasteiger partial charge in [0, 0.05) is 19.2 Å². The third-order valence-electron chi connectivity index (χ3n) is 4.63. The number of carbonyl (C=O) groups is 1. The van der Waals surface area contributed by atoms with Crippen molar-refractivity contribution in [2.75, 3.05) is 46.9 Å². The van der Waals surface area contributed by atoms with Gasteiger partial charge in [-0.05, 0) is 32.4 Å². The summed E-state index contributed by atoms with van der Waals surface area (Å²) >= 11 is 0. The zero-order valence-corrected chi connectivity index (χ0v) is 14.2. The second-order valence-electron chi connectivity index (χ2n) is 6.47. The first-order chi connectivity index (χ1) is 11.5. The second kappa shape index (κ2) is 6.90. The van der Waals surface area contributed by atoms with E-state index < -0.39 is 5.60 Å². The lowest BCUT2D eigenvalue weighted by Crippen LogP contribution is -2.45. The van der Waals surface area contributed by atoms with Crippen molar-refractivity contribution in [2.24, 2.45) is 0 Å². The average Bonchev–Trinajstić information content (AvgIpc) is 3.23. The number of rotatable bonds is 5. The van der Waals surface area contributed by atoms with Crippen molar-refractivity contribution in [1.29, 1.82) is 0 Å². The molecule has 0 saturated carbocycles. The van der Waals surface area contributed by atoms with Crippen molar-refractivity contribution in [3.63, 3.8) is 0 Å². The Kier molecular flexibility index (Phi) is 4.86. The number of methoxy groups -OCH3 is 2. The third kappa shape index (κ3) is 3.59. The number of amides is 1. The van der Waals surface area contributed by atoms with Crippen LogP contribution >= 0.6 is 0 Å². The van der Waals surface area contributed by atoms with Gasteiger partial charge in [-0.15, -0.1) is 0 Å². The van der Waals surface area contributed by atoms with Crippen LogP contribution in [0.15, 0.2) is 6.07 Å². The zero-order valence-electron chi connectivity index (χ0n) is 14.2. The van der Waals surface area contributed by atoms with Crippen LogP contribution in [0.2, 0.25) is 0 Å². The lowest BCUT2D eigenvalue weighted by atomic mass is 10.0. The van der Waals surface area contributed by atoms with Crippen LogP contribution in [0.4, 0.5) is 0 Å². The van der Waals surface area contributed by atoms with Crippen LogP contribution < -0.4 is 9.47 Å². The Morgan fingerprint density at radius 2 is 2.00 bits per heavy atom. The number of hydrogen-bond acceptors (Lipinski definition) is 7. The van der Waals surface area contributed by atoms with E-state index in [1.165, 1.54) is 33.1 Å². The zero-order chi connectivity index (χ0) is 17.2. The maximum absolute atomic E-state index is 12.7. The van der Waals surface area contributed by atoms with Gasteiger partial charge in [0.25, 0.3) is 5.91 Å². The predicted molar refractivity (Wildman–Crippen MR) is 86.3 cm³/mol. The van der Waals surface area contributed by atoms with Gasteiger partial charge >= 0.3 is 6.01 Å². The minimum absolute atomic E-state index is 0.0872. The maximum Gasteiger partial charge on any atom is 0.320 e. The summed E-state index contributed by atoms with van der Waals surface area (Å²) in [4.78, 5) is 24.7. The maximum atomic E-state index is 12.7. The summed E-state index contributed by atoms with van der Waals surface area (Å²) in [5.41, 5.74) is -0.634. The van der Waals surface area contributed by atoms with E-state index in [0.717, 1.165) is 13.1 Å². The molecule has 0 radical (unpaired) electrons. The van der Waals surface area contributed by atoms with Crippen LogP contribution in [-0.2, 0) is 0 Å². The predicted octanol–water partition coefficient (Wildman–Crippen LogP) is 0.167. The molecule has 1 aromatic heterocycles. The van der Waals surface area contributed by atoms with Gasteiger partial charge in [0.15, 0.2) is 0 Å². The number of hydrogen-bond donors (Lipinski definition) is 1. The summed E-state index contributed by atoms with van der Waals surface area (Å²) < 4.78 is 10.1.